The molecule has 0 unspecified atom stereocenters. The van der Waals surface area contributed by atoms with Gasteiger partial charge < -0.3 is 24.5 Å². The fourth-order valence-electron chi connectivity index (χ4n) is 4.60. The number of para-hydroxylation sites is 2. The summed E-state index contributed by atoms with van der Waals surface area (Å²) in [6.07, 6.45) is 1.85. The first-order chi connectivity index (χ1) is 18.1. The van der Waals surface area contributed by atoms with Gasteiger partial charge in [-0.2, -0.15) is 13.2 Å². The molecule has 0 bridgehead atoms. The number of carbonyl (C=O) groups is 1. The highest BCUT2D eigenvalue weighted by Crippen LogP contribution is 2.32. The second kappa shape index (κ2) is 9.97. The third-order valence-electron chi connectivity index (χ3n) is 6.78. The largest absolute Gasteiger partial charge is 0.437 e. The van der Waals surface area contributed by atoms with E-state index in [4.69, 9.17) is 4.42 Å². The van der Waals surface area contributed by atoms with Crippen LogP contribution in [-0.2, 0) is 6.18 Å². The maximum absolute atomic E-state index is 13.6. The Morgan fingerprint density at radius 3 is 2.79 bits per heavy atom. The van der Waals surface area contributed by atoms with Crippen molar-refractivity contribution >= 4 is 23.1 Å². The fourth-order valence-corrected chi connectivity index (χ4v) is 4.60. The van der Waals surface area contributed by atoms with Gasteiger partial charge in [0.2, 0.25) is 11.4 Å². The van der Waals surface area contributed by atoms with Gasteiger partial charge in [0, 0.05) is 44.0 Å². The lowest BCUT2D eigenvalue weighted by Gasteiger charge is -2.41. The van der Waals surface area contributed by atoms with Crippen molar-refractivity contribution in [3.8, 4) is 0 Å². The van der Waals surface area contributed by atoms with Gasteiger partial charge in [0.1, 0.15) is 5.52 Å². The van der Waals surface area contributed by atoms with Crippen molar-refractivity contribution in [3.05, 3.63) is 93.0 Å². The Morgan fingerprint density at radius 2 is 2.05 bits per heavy atom. The van der Waals surface area contributed by atoms with E-state index in [0.29, 0.717) is 48.3 Å². The molecule has 2 aliphatic rings. The predicted molar refractivity (Wildman–Crippen MR) is 136 cm³/mol. The number of piperazine rings is 1. The molecule has 0 radical (unpaired) electrons. The number of carbonyl (C=O) groups excluding carboxylic acids is 1. The van der Waals surface area contributed by atoms with Gasteiger partial charge in [0.25, 0.3) is 5.91 Å². The number of amides is 1. The topological polar surface area (TPSA) is 94.5 Å². The Morgan fingerprint density at radius 1 is 1.26 bits per heavy atom. The smallest absolute Gasteiger partial charge is 0.417 e. The van der Waals surface area contributed by atoms with Gasteiger partial charge in [-0.05, 0) is 44.2 Å². The number of alkyl halides is 3. The number of H-pyrrole nitrogens is 1. The second-order valence-electron chi connectivity index (χ2n) is 9.44. The molecule has 3 heterocycles. The minimum absolute atomic E-state index is 0.245. The third-order valence-corrected chi connectivity index (χ3v) is 6.78. The van der Waals surface area contributed by atoms with Crippen LogP contribution in [-0.4, -0.2) is 58.4 Å². The minimum atomic E-state index is -4.87. The summed E-state index contributed by atoms with van der Waals surface area (Å²) in [4.78, 5) is 35.7. The van der Waals surface area contributed by atoms with Gasteiger partial charge >= 0.3 is 6.18 Å². The van der Waals surface area contributed by atoms with Crippen molar-refractivity contribution < 1.29 is 22.4 Å². The number of aromatic amines is 1. The number of hydrogen-bond donors (Lipinski definition) is 2. The summed E-state index contributed by atoms with van der Waals surface area (Å²) in [6, 6.07) is 7.97. The Balaban J connectivity index is 1.50. The van der Waals surface area contributed by atoms with E-state index in [2.05, 4.69) is 32.0 Å². The Labute approximate surface area is 216 Å². The number of oxazole rings is 1. The molecule has 1 fully saturated rings. The number of halogens is 3. The molecule has 1 aromatic carbocycles. The lowest BCUT2D eigenvalue weighted by molar-refractivity contribution is -0.138. The van der Waals surface area contributed by atoms with Crippen LogP contribution in [0.1, 0.15) is 35.2 Å². The molecule has 2 aromatic heterocycles. The van der Waals surface area contributed by atoms with Crippen molar-refractivity contribution in [1.82, 2.24) is 25.1 Å². The van der Waals surface area contributed by atoms with Crippen LogP contribution in [0.5, 0.6) is 0 Å². The number of nitrogens with one attached hydrogen (secondary N) is 2. The van der Waals surface area contributed by atoms with Gasteiger partial charge in [-0.15, -0.1) is 0 Å². The van der Waals surface area contributed by atoms with Crippen LogP contribution in [0.3, 0.4) is 0 Å². The van der Waals surface area contributed by atoms with Crippen LogP contribution in [0.2, 0.25) is 0 Å². The number of nitrogens with zero attached hydrogens (tertiary/aromatic N) is 3. The molecule has 1 amide bonds. The summed E-state index contributed by atoms with van der Waals surface area (Å²) in [6.45, 7) is 4.26. The van der Waals surface area contributed by atoms with Crippen LogP contribution >= 0.6 is 0 Å². The van der Waals surface area contributed by atoms with E-state index < -0.39 is 28.8 Å². The first kappa shape index (κ1) is 25.5. The molecule has 198 valence electrons. The molecule has 1 aliphatic heterocycles. The minimum Gasteiger partial charge on any atom is -0.437 e. The SMILES string of the molecule is C[C@H]1CN(C2=CCC(=Cc3nc4ccccc4o3)C=C2NC(=O)c2c[nH]c(=O)cc2C(F)(F)F)CCN1C. The number of rotatable bonds is 4. The third kappa shape index (κ3) is 5.28. The summed E-state index contributed by atoms with van der Waals surface area (Å²) < 4.78 is 46.6. The monoisotopic (exact) mass is 525 g/mol. The molecule has 8 nitrogen and oxygen atoms in total. The molecule has 38 heavy (non-hydrogen) atoms. The van der Waals surface area contributed by atoms with Gasteiger partial charge in [0.15, 0.2) is 5.58 Å². The number of hydrogen-bond acceptors (Lipinski definition) is 6. The summed E-state index contributed by atoms with van der Waals surface area (Å²) >= 11 is 0. The zero-order valence-corrected chi connectivity index (χ0v) is 20.8. The molecule has 3 aromatic rings. The quantitative estimate of drug-likeness (QED) is 0.532. The van der Waals surface area contributed by atoms with Gasteiger partial charge in [-0.3, -0.25) is 9.59 Å². The maximum atomic E-state index is 13.6. The van der Waals surface area contributed by atoms with E-state index in [1.807, 2.05) is 37.4 Å². The standard InChI is InChI=1S/C27H26F3N5O3/c1-16-15-35(10-9-34(16)2)22-8-7-17(12-25-32-20-5-3-4-6-23(20)38-25)11-21(22)33-26(37)18-14-31-24(36)13-19(18)27(28,29)30/h3-6,8,11-14,16H,7,9-10,15H2,1-2H3,(H,31,36)(H,33,37)/t16-/m0/s1. The Kier molecular flexibility index (Phi) is 6.70. The first-order valence-corrected chi connectivity index (χ1v) is 12.1. The van der Waals surface area contributed by atoms with E-state index in [1.54, 1.807) is 12.2 Å². The summed E-state index contributed by atoms with van der Waals surface area (Å²) in [7, 11) is 2.03. The highest BCUT2D eigenvalue weighted by Gasteiger charge is 2.36. The van der Waals surface area contributed by atoms with Gasteiger partial charge in [0.05, 0.1) is 22.5 Å². The van der Waals surface area contributed by atoms with Crippen molar-refractivity contribution in [2.75, 3.05) is 26.7 Å². The first-order valence-electron chi connectivity index (χ1n) is 12.1. The normalized spacial score (nSPS) is 20.0. The molecule has 5 rings (SSSR count). The molecule has 1 atom stereocenters. The fraction of sp³-hybridized carbons (Fsp3) is 0.296. The van der Waals surface area contributed by atoms with Crippen LogP contribution in [0.25, 0.3) is 17.2 Å². The molecular formula is C27H26F3N5O3. The highest BCUT2D eigenvalue weighted by atomic mass is 19.4. The molecule has 2 N–H and O–H groups in total. The molecular weight excluding hydrogens is 499 g/mol. The van der Waals surface area contributed by atoms with Crippen LogP contribution in [0.4, 0.5) is 13.2 Å². The molecule has 0 spiro atoms. The van der Waals surface area contributed by atoms with Crippen LogP contribution < -0.4 is 10.9 Å². The maximum Gasteiger partial charge on any atom is 0.417 e. The number of benzene rings is 1. The number of aromatic nitrogens is 2. The van der Waals surface area contributed by atoms with E-state index in [1.165, 1.54) is 0 Å². The predicted octanol–water partition coefficient (Wildman–Crippen LogP) is 4.16. The molecule has 1 saturated heterocycles. The zero-order chi connectivity index (χ0) is 27.0. The lowest BCUT2D eigenvalue weighted by atomic mass is 10.00. The Bertz CT molecular complexity index is 1500. The lowest BCUT2D eigenvalue weighted by Crippen LogP contribution is -2.50. The summed E-state index contributed by atoms with van der Waals surface area (Å²) in [5.41, 5.74) is 0.277. The summed E-state index contributed by atoms with van der Waals surface area (Å²) in [5, 5.41) is 2.67. The average Bonchev–Trinajstić information content (AvgIpc) is 3.27. The van der Waals surface area contributed by atoms with E-state index >= 15 is 0 Å². The van der Waals surface area contributed by atoms with E-state index in [9.17, 15) is 22.8 Å². The second-order valence-corrected chi connectivity index (χ2v) is 9.44. The van der Waals surface area contributed by atoms with Crippen molar-refractivity contribution in [3.63, 3.8) is 0 Å². The number of allylic oxidation sites excluding steroid dienone is 3. The molecule has 11 heteroatoms. The van der Waals surface area contributed by atoms with Gasteiger partial charge in [-0.1, -0.05) is 18.2 Å². The van der Waals surface area contributed by atoms with Crippen molar-refractivity contribution in [2.24, 2.45) is 0 Å². The molecule has 1 aliphatic carbocycles. The molecule has 0 saturated carbocycles. The summed E-state index contributed by atoms with van der Waals surface area (Å²) in [5.74, 6) is -0.593. The van der Waals surface area contributed by atoms with Crippen molar-refractivity contribution in [2.45, 2.75) is 25.6 Å². The zero-order valence-electron chi connectivity index (χ0n) is 20.8. The van der Waals surface area contributed by atoms with E-state index in [-0.39, 0.29) is 6.04 Å². The average molecular weight is 526 g/mol. The van der Waals surface area contributed by atoms with Gasteiger partial charge in [-0.25, -0.2) is 4.98 Å². The number of fused-ring (bicyclic) bond motifs is 1. The highest BCUT2D eigenvalue weighted by molar-refractivity contribution is 5.97. The number of likely N-dealkylation sites (N-methyl/N-ethyl adjacent to an activating group) is 1. The van der Waals surface area contributed by atoms with Crippen LogP contribution in [0.15, 0.2) is 74.9 Å². The Hall–Kier alpha value is -4.12. The van der Waals surface area contributed by atoms with E-state index in [0.717, 1.165) is 24.0 Å². The van der Waals surface area contributed by atoms with Crippen LogP contribution in [0, 0.1) is 0 Å². The number of pyridine rings is 1. The van der Waals surface area contributed by atoms with Crippen molar-refractivity contribution in [1.29, 1.82) is 0 Å².